The first-order valence-corrected chi connectivity index (χ1v) is 12.2. The highest BCUT2D eigenvalue weighted by Gasteiger charge is 2.35. The van der Waals surface area contributed by atoms with Crippen LogP contribution in [-0.4, -0.2) is 67.8 Å². The van der Waals surface area contributed by atoms with Gasteiger partial charge in [-0.25, -0.2) is 0 Å². The van der Waals surface area contributed by atoms with Gasteiger partial charge in [-0.1, -0.05) is 76.2 Å². The molecule has 6 heteroatoms. The Hall–Kier alpha value is -2.28. The quantitative estimate of drug-likeness (QED) is 0.258. The third-order valence-corrected chi connectivity index (χ3v) is 6.22. The number of benzene rings is 2. The predicted molar refractivity (Wildman–Crippen MR) is 137 cm³/mol. The fourth-order valence-electron chi connectivity index (χ4n) is 3.83. The van der Waals surface area contributed by atoms with Crippen molar-refractivity contribution in [3.05, 3.63) is 88.2 Å². The summed E-state index contributed by atoms with van der Waals surface area (Å²) in [6.07, 6.45) is -6.06. The molecule has 0 spiro atoms. The lowest BCUT2D eigenvalue weighted by molar-refractivity contribution is -0.134. The van der Waals surface area contributed by atoms with Crippen LogP contribution in [0.3, 0.4) is 0 Å². The molecule has 6 N–H and O–H groups in total. The molecule has 192 valence electrons. The van der Waals surface area contributed by atoms with Crippen molar-refractivity contribution in [2.75, 3.05) is 6.61 Å². The van der Waals surface area contributed by atoms with E-state index in [1.807, 2.05) is 36.4 Å². The topological polar surface area (TPSA) is 121 Å². The minimum atomic E-state index is -1.87. The number of aliphatic hydroxyl groups is 6. The Kier molecular flexibility index (Phi) is 11.3. The first-order chi connectivity index (χ1) is 16.5. The zero-order valence-electron chi connectivity index (χ0n) is 21.0. The first kappa shape index (κ1) is 29.0. The van der Waals surface area contributed by atoms with Crippen LogP contribution in [0.15, 0.2) is 65.9 Å². The van der Waals surface area contributed by atoms with Crippen LogP contribution in [0, 0.1) is 0 Å². The smallest absolute Gasteiger partial charge is 0.113 e. The van der Waals surface area contributed by atoms with Gasteiger partial charge in [0, 0.05) is 12.0 Å². The molecule has 2 aromatic carbocycles. The van der Waals surface area contributed by atoms with E-state index in [1.54, 1.807) is 6.08 Å². The molecule has 0 aliphatic heterocycles. The maximum atomic E-state index is 10.9. The van der Waals surface area contributed by atoms with E-state index in [9.17, 15) is 25.5 Å². The van der Waals surface area contributed by atoms with Crippen molar-refractivity contribution in [1.82, 2.24) is 0 Å². The molecule has 2 aromatic rings. The Balaban J connectivity index is 2.36. The van der Waals surface area contributed by atoms with E-state index < -0.39 is 37.1 Å². The molecule has 0 aliphatic carbocycles. The molecule has 6 nitrogen and oxygen atoms in total. The second-order valence-electron chi connectivity index (χ2n) is 9.72. The van der Waals surface area contributed by atoms with Crippen LogP contribution >= 0.6 is 0 Å². The molecule has 2 rings (SSSR count). The van der Waals surface area contributed by atoms with Gasteiger partial charge in [0.1, 0.15) is 30.5 Å². The minimum absolute atomic E-state index is 0.271. The lowest BCUT2D eigenvalue weighted by Gasteiger charge is -2.29. The van der Waals surface area contributed by atoms with Gasteiger partial charge >= 0.3 is 0 Å². The van der Waals surface area contributed by atoms with Gasteiger partial charge in [0.15, 0.2) is 0 Å². The Labute approximate surface area is 208 Å². The van der Waals surface area contributed by atoms with Crippen LogP contribution in [0.1, 0.15) is 61.8 Å². The van der Waals surface area contributed by atoms with E-state index >= 15 is 0 Å². The molecule has 0 aliphatic rings. The van der Waals surface area contributed by atoms with Crippen LogP contribution in [0.4, 0.5) is 0 Å². The normalized spacial score (nSPS) is 15.9. The fraction of sp³-hybridized carbons (Fsp3) is 0.483. The van der Waals surface area contributed by atoms with E-state index in [2.05, 4.69) is 45.6 Å². The second-order valence-corrected chi connectivity index (χ2v) is 9.72. The van der Waals surface area contributed by atoms with Crippen LogP contribution in [0.25, 0.3) is 0 Å². The van der Waals surface area contributed by atoms with Crippen molar-refractivity contribution in [1.29, 1.82) is 0 Å². The summed E-state index contributed by atoms with van der Waals surface area (Å²) in [6, 6.07) is 16.1. The lowest BCUT2D eigenvalue weighted by atomic mass is 9.91. The molecule has 5 atom stereocenters. The highest BCUT2D eigenvalue weighted by atomic mass is 16.4. The summed E-state index contributed by atoms with van der Waals surface area (Å²) in [5.41, 5.74) is 7.79. The van der Waals surface area contributed by atoms with Gasteiger partial charge in [-0.2, -0.15) is 0 Å². The molecular weight excluding hydrogens is 444 g/mol. The van der Waals surface area contributed by atoms with E-state index in [4.69, 9.17) is 5.11 Å². The van der Waals surface area contributed by atoms with Crippen LogP contribution < -0.4 is 0 Å². The monoisotopic (exact) mass is 484 g/mol. The summed E-state index contributed by atoms with van der Waals surface area (Å²) in [5.74, 6) is 0.719. The predicted octanol–water partition coefficient (Wildman–Crippen LogP) is 2.60. The SMILES string of the molecule is CC(C)c1cccc(CC=C=C(Cc2cccc(C(C)C)c2)C(O)[C@@H](O)[C@@H](O)[C@H](O)[C@@H](O)CO)c1. The van der Waals surface area contributed by atoms with Crippen molar-refractivity contribution in [3.8, 4) is 0 Å². The Morgan fingerprint density at radius 2 is 1.31 bits per heavy atom. The average Bonchev–Trinajstić information content (AvgIpc) is 2.86. The molecule has 0 heterocycles. The van der Waals surface area contributed by atoms with E-state index in [-0.39, 0.29) is 6.42 Å². The van der Waals surface area contributed by atoms with Gasteiger partial charge in [0.2, 0.25) is 0 Å². The standard InChI is InChI=1S/C29H40O6/c1-18(2)22-11-5-8-20(14-22)9-6-13-24(16-21-10-7-12-23(15-21)19(3)4)26(32)28(34)29(35)27(33)25(31)17-30/h5-8,10-12,14-15,18-19,25-35H,9,16-17H2,1-4H3/t13?,25-,26?,27+,28+,29-/m0/s1. The number of hydrogen-bond donors (Lipinski definition) is 6. The molecule has 0 saturated carbocycles. The second kappa shape index (κ2) is 13.7. The maximum absolute atomic E-state index is 10.9. The molecular formula is C29H40O6. The molecule has 0 bridgehead atoms. The zero-order chi connectivity index (χ0) is 26.1. The molecule has 1 unspecified atom stereocenters. The molecule has 0 saturated heterocycles. The molecule has 0 amide bonds. The molecule has 35 heavy (non-hydrogen) atoms. The van der Waals surface area contributed by atoms with Gasteiger partial charge in [-0.05, 0) is 46.6 Å². The van der Waals surface area contributed by atoms with E-state index in [0.29, 0.717) is 23.8 Å². The van der Waals surface area contributed by atoms with Crippen molar-refractivity contribution >= 4 is 0 Å². The summed E-state index contributed by atoms with van der Waals surface area (Å²) in [4.78, 5) is 0. The fourth-order valence-corrected chi connectivity index (χ4v) is 3.83. The summed E-state index contributed by atoms with van der Waals surface area (Å²) in [6.45, 7) is 7.64. The Morgan fingerprint density at radius 3 is 1.86 bits per heavy atom. The van der Waals surface area contributed by atoms with Gasteiger partial charge in [0.05, 0.1) is 6.61 Å². The number of rotatable bonds is 12. The summed E-state index contributed by atoms with van der Waals surface area (Å²) < 4.78 is 0. The van der Waals surface area contributed by atoms with E-state index in [0.717, 1.165) is 16.7 Å². The summed E-state index contributed by atoms with van der Waals surface area (Å²) >= 11 is 0. The Morgan fingerprint density at radius 1 is 0.771 bits per heavy atom. The van der Waals surface area contributed by atoms with Crippen molar-refractivity contribution in [2.45, 2.75) is 82.9 Å². The minimum Gasteiger partial charge on any atom is -0.394 e. The number of hydrogen-bond acceptors (Lipinski definition) is 6. The third-order valence-electron chi connectivity index (χ3n) is 6.22. The van der Waals surface area contributed by atoms with Crippen molar-refractivity contribution in [3.63, 3.8) is 0 Å². The average molecular weight is 485 g/mol. The van der Waals surface area contributed by atoms with Gasteiger partial charge < -0.3 is 30.6 Å². The molecule has 0 aromatic heterocycles. The van der Waals surface area contributed by atoms with Gasteiger partial charge in [-0.3, -0.25) is 0 Å². The largest absolute Gasteiger partial charge is 0.394 e. The Bertz CT molecular complexity index is 992. The van der Waals surface area contributed by atoms with Gasteiger partial charge in [-0.15, -0.1) is 5.73 Å². The zero-order valence-corrected chi connectivity index (χ0v) is 21.0. The van der Waals surface area contributed by atoms with Crippen LogP contribution in [0.5, 0.6) is 0 Å². The summed E-state index contributed by atoms with van der Waals surface area (Å²) in [7, 11) is 0. The maximum Gasteiger partial charge on any atom is 0.113 e. The lowest BCUT2D eigenvalue weighted by Crippen LogP contribution is -2.50. The van der Waals surface area contributed by atoms with Crippen LogP contribution in [0.2, 0.25) is 0 Å². The summed E-state index contributed by atoms with van der Waals surface area (Å²) in [5, 5.41) is 60.5. The van der Waals surface area contributed by atoms with Crippen LogP contribution in [-0.2, 0) is 12.8 Å². The van der Waals surface area contributed by atoms with Crippen molar-refractivity contribution in [2.24, 2.45) is 0 Å². The highest BCUT2D eigenvalue weighted by molar-refractivity contribution is 5.31. The molecule has 0 radical (unpaired) electrons. The number of aliphatic hydroxyl groups excluding tert-OH is 6. The third kappa shape index (κ3) is 8.41. The van der Waals surface area contributed by atoms with Crippen molar-refractivity contribution < 1.29 is 30.6 Å². The highest BCUT2D eigenvalue weighted by Crippen LogP contribution is 2.22. The van der Waals surface area contributed by atoms with E-state index in [1.165, 1.54) is 5.56 Å². The molecule has 0 fully saturated rings. The van der Waals surface area contributed by atoms with Gasteiger partial charge in [0.25, 0.3) is 0 Å². The first-order valence-electron chi connectivity index (χ1n) is 12.2.